The van der Waals surface area contributed by atoms with Gasteiger partial charge in [-0.3, -0.25) is 4.79 Å². The van der Waals surface area contributed by atoms with Gasteiger partial charge in [0.05, 0.1) is 0 Å². The van der Waals surface area contributed by atoms with Gasteiger partial charge < -0.3 is 4.74 Å². The lowest BCUT2D eigenvalue weighted by atomic mass is 10.2. The normalized spacial score (nSPS) is 11.1. The van der Waals surface area contributed by atoms with Gasteiger partial charge in [0.15, 0.2) is 12.4 Å². The maximum Gasteiger partial charge on any atom is 0.490 e. The first-order valence-corrected chi connectivity index (χ1v) is 6.93. The smallest absolute Gasteiger partial charge is 0.451 e. The van der Waals surface area contributed by atoms with Crippen molar-refractivity contribution in [3.05, 3.63) is 46.7 Å². The molecular weight excluding hydrogens is 381 g/mol. The number of ether oxygens (including phenoxy) is 1. The van der Waals surface area contributed by atoms with Gasteiger partial charge >= 0.3 is 12.1 Å². The number of alkyl halides is 3. The molecule has 0 unspecified atom stereocenters. The number of aromatic nitrogens is 2. The minimum atomic E-state index is -5.14. The Morgan fingerprint density at radius 2 is 1.78 bits per heavy atom. The lowest BCUT2D eigenvalue weighted by molar-refractivity contribution is -0.198. The number of ketones is 1. The fourth-order valence-electron chi connectivity index (χ4n) is 1.54. The molecule has 1 heterocycles. The Morgan fingerprint density at radius 1 is 1.13 bits per heavy atom. The van der Waals surface area contributed by atoms with E-state index in [2.05, 4.69) is 30.6 Å². The second-order valence-electron chi connectivity index (χ2n) is 4.27. The van der Waals surface area contributed by atoms with E-state index in [4.69, 9.17) is 0 Å². The molecule has 2 rings (SSSR count). The Morgan fingerprint density at radius 3 is 2.39 bits per heavy atom. The topological polar surface area (TPSA) is 69.2 Å². The highest BCUT2D eigenvalue weighted by molar-refractivity contribution is 9.10. The van der Waals surface area contributed by atoms with Crippen molar-refractivity contribution >= 4 is 27.7 Å². The second-order valence-corrected chi connectivity index (χ2v) is 5.19. The summed E-state index contributed by atoms with van der Waals surface area (Å²) in [7, 11) is 0. The molecule has 9 heteroatoms. The number of benzene rings is 1. The predicted octanol–water partition coefficient (Wildman–Crippen LogP) is 3.19. The Kier molecular flexibility index (Phi) is 5.09. The van der Waals surface area contributed by atoms with Gasteiger partial charge in [0.2, 0.25) is 5.78 Å². The summed E-state index contributed by atoms with van der Waals surface area (Å²) in [6, 6.07) is 8.14. The van der Waals surface area contributed by atoms with Gasteiger partial charge in [0.25, 0.3) is 0 Å². The van der Waals surface area contributed by atoms with Crippen LogP contribution in [0.3, 0.4) is 0 Å². The van der Waals surface area contributed by atoms with Crippen LogP contribution in [0, 0.1) is 0 Å². The van der Waals surface area contributed by atoms with E-state index >= 15 is 0 Å². The van der Waals surface area contributed by atoms with Crippen molar-refractivity contribution in [3.8, 4) is 11.4 Å². The molecule has 0 bridgehead atoms. The number of esters is 1. The van der Waals surface area contributed by atoms with Crippen LogP contribution in [0.5, 0.6) is 0 Å². The summed E-state index contributed by atoms with van der Waals surface area (Å²) >= 11 is 3.27. The fraction of sp³-hybridized carbons (Fsp3) is 0.143. The zero-order valence-electron chi connectivity index (χ0n) is 11.3. The fourth-order valence-corrected chi connectivity index (χ4v) is 1.80. The van der Waals surface area contributed by atoms with E-state index in [1.807, 2.05) is 0 Å². The van der Waals surface area contributed by atoms with E-state index < -0.39 is 24.5 Å². The van der Waals surface area contributed by atoms with E-state index in [1.165, 1.54) is 12.3 Å². The summed E-state index contributed by atoms with van der Waals surface area (Å²) < 4.78 is 40.8. The highest BCUT2D eigenvalue weighted by Crippen LogP contribution is 2.19. The lowest BCUT2D eigenvalue weighted by Gasteiger charge is -2.07. The SMILES string of the molecule is O=C(COC(=O)C(F)(F)F)c1ccnc(-c2ccc(Br)cc2)n1. The molecule has 1 aromatic carbocycles. The number of carbonyl (C=O) groups is 2. The van der Waals surface area contributed by atoms with Gasteiger partial charge in [-0.1, -0.05) is 28.1 Å². The Bertz CT molecular complexity index is 733. The van der Waals surface area contributed by atoms with Crippen LogP contribution in [0.1, 0.15) is 10.5 Å². The molecule has 0 aliphatic carbocycles. The second kappa shape index (κ2) is 6.86. The van der Waals surface area contributed by atoms with Gasteiger partial charge in [-0.2, -0.15) is 13.2 Å². The van der Waals surface area contributed by atoms with Crippen molar-refractivity contribution in [1.82, 2.24) is 9.97 Å². The number of nitrogens with zero attached hydrogens (tertiary/aromatic N) is 2. The molecular formula is C14H8BrF3N2O3. The maximum absolute atomic E-state index is 12.0. The maximum atomic E-state index is 12.0. The highest BCUT2D eigenvalue weighted by Gasteiger charge is 2.41. The molecule has 0 saturated heterocycles. The molecule has 5 nitrogen and oxygen atoms in total. The molecule has 0 aliphatic rings. The van der Waals surface area contributed by atoms with Crippen LogP contribution in [0.15, 0.2) is 41.0 Å². The van der Waals surface area contributed by atoms with E-state index in [-0.39, 0.29) is 11.5 Å². The summed E-state index contributed by atoms with van der Waals surface area (Å²) in [6.07, 6.45) is -3.85. The summed E-state index contributed by atoms with van der Waals surface area (Å²) in [5.41, 5.74) is 0.475. The molecule has 1 aromatic heterocycles. The summed E-state index contributed by atoms with van der Waals surface area (Å²) in [5, 5.41) is 0. The van der Waals surface area contributed by atoms with Gasteiger partial charge in [-0.15, -0.1) is 0 Å². The zero-order valence-corrected chi connectivity index (χ0v) is 12.9. The molecule has 0 saturated carbocycles. The van der Waals surface area contributed by atoms with Gasteiger partial charge in [0, 0.05) is 16.2 Å². The number of carbonyl (C=O) groups excluding carboxylic acids is 2. The minimum absolute atomic E-state index is 0.145. The van der Waals surface area contributed by atoms with Crippen LogP contribution < -0.4 is 0 Å². The Hall–Kier alpha value is -2.29. The minimum Gasteiger partial charge on any atom is -0.451 e. The van der Waals surface area contributed by atoms with Crippen molar-refractivity contribution in [2.24, 2.45) is 0 Å². The van der Waals surface area contributed by atoms with Crippen LogP contribution in [0.4, 0.5) is 13.2 Å². The molecule has 0 aliphatic heterocycles. The molecule has 0 amide bonds. The third-order valence-electron chi connectivity index (χ3n) is 2.61. The summed E-state index contributed by atoms with van der Waals surface area (Å²) in [5.74, 6) is -3.05. The van der Waals surface area contributed by atoms with Crippen molar-refractivity contribution in [1.29, 1.82) is 0 Å². The molecule has 0 atom stereocenters. The number of Topliss-reactive ketones (excluding diaryl/α,β-unsaturated/α-hetero) is 1. The number of hydrogen-bond acceptors (Lipinski definition) is 5. The molecule has 2 aromatic rings. The number of hydrogen-bond donors (Lipinski definition) is 0. The predicted molar refractivity (Wildman–Crippen MR) is 76.5 cm³/mol. The first kappa shape index (κ1) is 17.1. The zero-order chi connectivity index (χ0) is 17.0. The lowest BCUT2D eigenvalue weighted by Crippen LogP contribution is -2.27. The van der Waals surface area contributed by atoms with Crippen LogP contribution in [0.2, 0.25) is 0 Å². The van der Waals surface area contributed by atoms with Crippen molar-refractivity contribution in [2.45, 2.75) is 6.18 Å². The highest BCUT2D eigenvalue weighted by atomic mass is 79.9. The largest absolute Gasteiger partial charge is 0.490 e. The number of halogens is 4. The van der Waals surface area contributed by atoms with Gasteiger partial charge in [-0.05, 0) is 18.2 Å². The number of rotatable bonds is 4. The van der Waals surface area contributed by atoms with E-state index in [1.54, 1.807) is 24.3 Å². The first-order valence-electron chi connectivity index (χ1n) is 6.13. The van der Waals surface area contributed by atoms with Crippen LogP contribution in [0.25, 0.3) is 11.4 Å². The quantitative estimate of drug-likeness (QED) is 0.594. The van der Waals surface area contributed by atoms with Gasteiger partial charge in [-0.25, -0.2) is 14.8 Å². The Labute approximate surface area is 136 Å². The molecule has 0 N–H and O–H groups in total. The van der Waals surface area contributed by atoms with E-state index in [0.717, 1.165) is 4.47 Å². The van der Waals surface area contributed by atoms with E-state index in [9.17, 15) is 22.8 Å². The van der Waals surface area contributed by atoms with Gasteiger partial charge in [0.1, 0.15) is 5.69 Å². The van der Waals surface area contributed by atoms with Crippen molar-refractivity contribution in [2.75, 3.05) is 6.61 Å². The third kappa shape index (κ3) is 4.59. The molecule has 0 fully saturated rings. The molecule has 23 heavy (non-hydrogen) atoms. The molecule has 120 valence electrons. The summed E-state index contributed by atoms with van der Waals surface area (Å²) in [6.45, 7) is -1.05. The average molecular weight is 389 g/mol. The Balaban J connectivity index is 2.12. The van der Waals surface area contributed by atoms with Crippen LogP contribution >= 0.6 is 15.9 Å². The molecule has 0 spiro atoms. The van der Waals surface area contributed by atoms with Crippen molar-refractivity contribution in [3.63, 3.8) is 0 Å². The summed E-state index contributed by atoms with van der Waals surface area (Å²) in [4.78, 5) is 30.3. The average Bonchev–Trinajstić information content (AvgIpc) is 2.52. The standard InChI is InChI=1S/C14H8BrF3N2O3/c15-9-3-1-8(2-4-9)12-19-6-5-10(20-12)11(21)7-23-13(22)14(16,17)18/h1-6H,7H2. The van der Waals surface area contributed by atoms with Crippen LogP contribution in [-0.2, 0) is 9.53 Å². The van der Waals surface area contributed by atoms with Crippen molar-refractivity contribution < 1.29 is 27.5 Å². The third-order valence-corrected chi connectivity index (χ3v) is 3.14. The first-order chi connectivity index (χ1) is 10.8. The van der Waals surface area contributed by atoms with Crippen LogP contribution in [-0.4, -0.2) is 34.5 Å². The van der Waals surface area contributed by atoms with E-state index in [0.29, 0.717) is 5.56 Å². The molecule has 0 radical (unpaired) electrons. The monoisotopic (exact) mass is 388 g/mol.